The molecule has 0 radical (unpaired) electrons. The third kappa shape index (κ3) is 6.32. The number of hydrogen-bond acceptors (Lipinski definition) is 6. The number of ether oxygens (including phenoxy) is 2. The Morgan fingerprint density at radius 3 is 2.38 bits per heavy atom. The van der Waals surface area contributed by atoms with Gasteiger partial charge in [0.1, 0.15) is 6.61 Å². The molecule has 0 saturated carbocycles. The molecule has 0 heterocycles. The van der Waals surface area contributed by atoms with Crippen LogP contribution in [0.15, 0.2) is 48.5 Å². The van der Waals surface area contributed by atoms with Crippen molar-refractivity contribution in [1.29, 1.82) is 0 Å². The van der Waals surface area contributed by atoms with Crippen molar-refractivity contribution in [3.8, 4) is 0 Å². The average molecular weight is 400 g/mol. The second-order valence-electron chi connectivity index (χ2n) is 6.43. The fourth-order valence-electron chi connectivity index (χ4n) is 2.54. The van der Waals surface area contributed by atoms with Crippen molar-refractivity contribution in [1.82, 2.24) is 5.32 Å². The minimum atomic E-state index is -1.18. The van der Waals surface area contributed by atoms with E-state index in [4.69, 9.17) is 4.74 Å². The number of aliphatic hydroxyl groups is 1. The van der Waals surface area contributed by atoms with Gasteiger partial charge in [-0.3, -0.25) is 10.1 Å². The minimum Gasteiger partial charge on any atom is -0.467 e. The van der Waals surface area contributed by atoms with Crippen molar-refractivity contribution in [2.24, 2.45) is 0 Å². The lowest BCUT2D eigenvalue weighted by atomic mass is 10.1. The number of benzene rings is 2. The van der Waals surface area contributed by atoms with Crippen LogP contribution in [0, 0.1) is 6.92 Å². The van der Waals surface area contributed by atoms with E-state index in [1.54, 1.807) is 19.1 Å². The van der Waals surface area contributed by atoms with Crippen molar-refractivity contribution >= 4 is 23.7 Å². The van der Waals surface area contributed by atoms with Gasteiger partial charge in [-0.2, -0.15) is 0 Å². The molecule has 0 saturated heterocycles. The van der Waals surface area contributed by atoms with Crippen LogP contribution in [-0.2, 0) is 20.9 Å². The molecule has 29 heavy (non-hydrogen) atoms. The summed E-state index contributed by atoms with van der Waals surface area (Å²) in [4.78, 5) is 36.0. The van der Waals surface area contributed by atoms with Crippen LogP contribution < -0.4 is 10.6 Å². The van der Waals surface area contributed by atoms with Gasteiger partial charge in [-0.1, -0.05) is 30.3 Å². The zero-order valence-electron chi connectivity index (χ0n) is 16.5. The van der Waals surface area contributed by atoms with E-state index in [1.807, 2.05) is 30.3 Å². The number of hydrogen-bond donors (Lipinski definition) is 3. The van der Waals surface area contributed by atoms with Crippen molar-refractivity contribution in [3.05, 3.63) is 65.2 Å². The Kier molecular flexibility index (Phi) is 7.73. The number of methoxy groups -OCH3 is 1. The van der Waals surface area contributed by atoms with Crippen LogP contribution in [0.3, 0.4) is 0 Å². The number of carbonyl (C=O) groups is 3. The zero-order valence-corrected chi connectivity index (χ0v) is 16.5. The second-order valence-corrected chi connectivity index (χ2v) is 6.43. The molecule has 2 rings (SSSR count). The maximum Gasteiger partial charge on any atom is 0.411 e. The summed E-state index contributed by atoms with van der Waals surface area (Å²) < 4.78 is 9.75. The number of esters is 1. The number of aliphatic hydroxyl groups excluding tert-OH is 1. The van der Waals surface area contributed by atoms with E-state index in [2.05, 4.69) is 15.4 Å². The van der Waals surface area contributed by atoms with Crippen LogP contribution in [0.2, 0.25) is 0 Å². The van der Waals surface area contributed by atoms with Crippen LogP contribution in [0.25, 0.3) is 0 Å². The summed E-state index contributed by atoms with van der Waals surface area (Å²) in [7, 11) is 1.17. The molecule has 2 amide bonds. The Labute approximate surface area is 168 Å². The molecule has 0 fully saturated rings. The van der Waals surface area contributed by atoms with E-state index in [-0.39, 0.29) is 12.2 Å². The topological polar surface area (TPSA) is 114 Å². The highest BCUT2D eigenvalue weighted by atomic mass is 16.5. The molecule has 154 valence electrons. The summed E-state index contributed by atoms with van der Waals surface area (Å²) in [5.41, 5.74) is 2.24. The average Bonchev–Trinajstić information content (AvgIpc) is 2.71. The van der Waals surface area contributed by atoms with Gasteiger partial charge in [-0.15, -0.1) is 0 Å². The highest BCUT2D eigenvalue weighted by Gasteiger charge is 2.27. The van der Waals surface area contributed by atoms with E-state index in [1.165, 1.54) is 20.1 Å². The summed E-state index contributed by atoms with van der Waals surface area (Å²) in [6, 6.07) is 12.7. The first kappa shape index (κ1) is 21.9. The van der Waals surface area contributed by atoms with Gasteiger partial charge in [-0.25, -0.2) is 9.59 Å². The van der Waals surface area contributed by atoms with Gasteiger partial charge in [-0.05, 0) is 43.2 Å². The zero-order chi connectivity index (χ0) is 21.4. The van der Waals surface area contributed by atoms with Gasteiger partial charge in [0.25, 0.3) is 5.91 Å². The molecule has 8 nitrogen and oxygen atoms in total. The SMILES string of the molecule is COC(=O)C(NC(=O)c1ccc(NC(=O)OCc2ccccc2)c(C)c1)C(C)O. The van der Waals surface area contributed by atoms with E-state index < -0.39 is 30.1 Å². The second kappa shape index (κ2) is 10.2. The van der Waals surface area contributed by atoms with E-state index in [0.717, 1.165) is 5.56 Å². The van der Waals surface area contributed by atoms with Crippen molar-refractivity contribution < 1.29 is 29.0 Å². The lowest BCUT2D eigenvalue weighted by molar-refractivity contribution is -0.145. The number of rotatable bonds is 7. The number of anilines is 1. The van der Waals surface area contributed by atoms with Gasteiger partial charge in [0.05, 0.1) is 13.2 Å². The highest BCUT2D eigenvalue weighted by Crippen LogP contribution is 2.17. The first-order valence-electron chi connectivity index (χ1n) is 8.97. The first-order chi connectivity index (χ1) is 13.8. The Bertz CT molecular complexity index is 867. The first-order valence-corrected chi connectivity index (χ1v) is 8.97. The summed E-state index contributed by atoms with van der Waals surface area (Å²) in [5.74, 6) is -1.30. The largest absolute Gasteiger partial charge is 0.467 e. The quantitative estimate of drug-likeness (QED) is 0.615. The molecular formula is C21H24N2O6. The van der Waals surface area contributed by atoms with Crippen LogP contribution in [0.1, 0.15) is 28.4 Å². The van der Waals surface area contributed by atoms with Crippen molar-refractivity contribution in [2.75, 3.05) is 12.4 Å². The Morgan fingerprint density at radius 2 is 1.79 bits per heavy atom. The number of carbonyl (C=O) groups excluding carboxylic acids is 3. The number of aryl methyl sites for hydroxylation is 1. The molecule has 0 aliphatic heterocycles. The monoisotopic (exact) mass is 400 g/mol. The summed E-state index contributed by atoms with van der Waals surface area (Å²) in [6.07, 6.45) is -1.73. The Hall–Kier alpha value is -3.39. The molecule has 8 heteroatoms. The fourth-order valence-corrected chi connectivity index (χ4v) is 2.54. The molecule has 0 aliphatic carbocycles. The Morgan fingerprint density at radius 1 is 1.10 bits per heavy atom. The maximum absolute atomic E-state index is 12.4. The molecule has 2 aromatic rings. The molecule has 2 atom stereocenters. The van der Waals surface area contributed by atoms with E-state index in [0.29, 0.717) is 11.3 Å². The molecule has 0 spiro atoms. The van der Waals surface area contributed by atoms with Gasteiger partial charge >= 0.3 is 12.1 Å². The fraction of sp³-hybridized carbons (Fsp3) is 0.286. The van der Waals surface area contributed by atoms with Crippen LogP contribution in [-0.4, -0.2) is 42.3 Å². The molecule has 0 aromatic heterocycles. The molecule has 3 N–H and O–H groups in total. The number of nitrogens with one attached hydrogen (secondary N) is 2. The summed E-state index contributed by atoms with van der Waals surface area (Å²) in [5, 5.41) is 14.7. The van der Waals surface area contributed by atoms with Crippen LogP contribution in [0.5, 0.6) is 0 Å². The smallest absolute Gasteiger partial charge is 0.411 e. The normalized spacial score (nSPS) is 12.4. The van der Waals surface area contributed by atoms with Gasteiger partial charge in [0, 0.05) is 11.3 Å². The number of amides is 2. The summed E-state index contributed by atoms with van der Waals surface area (Å²) >= 11 is 0. The van der Waals surface area contributed by atoms with Crippen molar-refractivity contribution in [2.45, 2.75) is 32.6 Å². The van der Waals surface area contributed by atoms with Crippen LogP contribution in [0.4, 0.5) is 10.5 Å². The van der Waals surface area contributed by atoms with Crippen molar-refractivity contribution in [3.63, 3.8) is 0 Å². The predicted molar refractivity (Wildman–Crippen MR) is 106 cm³/mol. The molecule has 0 bridgehead atoms. The predicted octanol–water partition coefficient (Wildman–Crippen LogP) is 2.40. The molecular weight excluding hydrogens is 376 g/mol. The lowest BCUT2D eigenvalue weighted by Gasteiger charge is -2.19. The third-order valence-corrected chi connectivity index (χ3v) is 4.16. The minimum absolute atomic E-state index is 0.139. The molecule has 2 aromatic carbocycles. The Balaban J connectivity index is 1.99. The maximum atomic E-state index is 12.4. The van der Waals surface area contributed by atoms with Gasteiger partial charge in [0.15, 0.2) is 6.04 Å². The standard InChI is InChI=1S/C21H24N2O6/c1-13-11-16(19(25)23-18(14(2)24)20(26)28-3)9-10-17(13)22-21(27)29-12-15-7-5-4-6-8-15/h4-11,14,18,24H,12H2,1-3H3,(H,22,27)(H,23,25). The van der Waals surface area contributed by atoms with Gasteiger partial charge in [0.2, 0.25) is 0 Å². The van der Waals surface area contributed by atoms with E-state index >= 15 is 0 Å². The lowest BCUT2D eigenvalue weighted by Crippen LogP contribution is -2.48. The van der Waals surface area contributed by atoms with Gasteiger partial charge < -0.3 is 19.9 Å². The third-order valence-electron chi connectivity index (χ3n) is 4.16. The summed E-state index contributed by atoms with van der Waals surface area (Å²) in [6.45, 7) is 3.23. The molecule has 0 aliphatic rings. The molecule has 2 unspecified atom stereocenters. The highest BCUT2D eigenvalue weighted by molar-refractivity contribution is 5.98. The van der Waals surface area contributed by atoms with Crippen LogP contribution >= 0.6 is 0 Å². The van der Waals surface area contributed by atoms with E-state index in [9.17, 15) is 19.5 Å².